The predicted octanol–water partition coefficient (Wildman–Crippen LogP) is 4.51. The molecule has 0 unspecified atom stereocenters. The van der Waals surface area contributed by atoms with Gasteiger partial charge in [-0.3, -0.25) is 0 Å². The quantitative estimate of drug-likeness (QED) is 0.449. The molecule has 0 aliphatic rings. The Labute approximate surface area is 154 Å². The second-order valence-electron chi connectivity index (χ2n) is 5.19. The molecule has 1 heterocycles. The third-order valence-corrected chi connectivity index (χ3v) is 5.92. The number of hydrogen-bond donors (Lipinski definition) is 0. The fourth-order valence-electron chi connectivity index (χ4n) is 2.35. The summed E-state index contributed by atoms with van der Waals surface area (Å²) < 4.78 is 21.0. The first-order valence-electron chi connectivity index (χ1n) is 7.73. The lowest BCUT2D eigenvalue weighted by atomic mass is 10.2. The van der Waals surface area contributed by atoms with E-state index in [0.717, 1.165) is 33.8 Å². The van der Waals surface area contributed by atoms with Gasteiger partial charge in [-0.1, -0.05) is 36.0 Å². The van der Waals surface area contributed by atoms with E-state index in [9.17, 15) is 4.39 Å². The molecule has 0 atom stereocenters. The molecule has 130 valence electrons. The topological polar surface area (TPSA) is 39.9 Å². The number of thioether (sulfide) groups is 2. The Morgan fingerprint density at radius 3 is 2.52 bits per heavy atom. The summed E-state index contributed by atoms with van der Waals surface area (Å²) in [6.45, 7) is 0. The Kier molecular flexibility index (Phi) is 5.99. The molecule has 0 aliphatic heterocycles. The molecule has 0 N–H and O–H groups in total. The van der Waals surface area contributed by atoms with Gasteiger partial charge in [0.2, 0.25) is 0 Å². The van der Waals surface area contributed by atoms with Crippen LogP contribution in [-0.2, 0) is 7.05 Å². The number of benzene rings is 2. The average molecular weight is 375 g/mol. The Bertz CT molecular complexity index is 854. The van der Waals surface area contributed by atoms with Gasteiger partial charge in [0.1, 0.15) is 11.6 Å². The molecule has 0 aliphatic carbocycles. The molecule has 0 bridgehead atoms. The van der Waals surface area contributed by atoms with E-state index in [1.165, 1.54) is 17.8 Å². The van der Waals surface area contributed by atoms with E-state index < -0.39 is 0 Å². The standard InChI is InChI=1S/C18H18FN3OS2/c1-22-17(13-7-3-5-9-15(13)23-2)20-21-18(22)25-12-11-24-16-10-6-4-8-14(16)19/h3-10H,11-12H2,1-2H3. The maximum absolute atomic E-state index is 13.6. The van der Waals surface area contributed by atoms with Crippen LogP contribution >= 0.6 is 23.5 Å². The predicted molar refractivity (Wildman–Crippen MR) is 101 cm³/mol. The first-order valence-corrected chi connectivity index (χ1v) is 9.70. The highest BCUT2D eigenvalue weighted by molar-refractivity contribution is 8.02. The van der Waals surface area contributed by atoms with Crippen LogP contribution in [0.25, 0.3) is 11.4 Å². The van der Waals surface area contributed by atoms with Crippen LogP contribution in [0.3, 0.4) is 0 Å². The summed E-state index contributed by atoms with van der Waals surface area (Å²) in [6.07, 6.45) is 0. The second-order valence-corrected chi connectivity index (χ2v) is 7.39. The van der Waals surface area contributed by atoms with Gasteiger partial charge in [-0.05, 0) is 24.3 Å². The molecule has 2 aromatic carbocycles. The van der Waals surface area contributed by atoms with Crippen molar-refractivity contribution in [2.45, 2.75) is 10.1 Å². The maximum atomic E-state index is 13.6. The smallest absolute Gasteiger partial charge is 0.191 e. The van der Waals surface area contributed by atoms with Crippen molar-refractivity contribution in [3.8, 4) is 17.1 Å². The lowest BCUT2D eigenvalue weighted by Gasteiger charge is -2.08. The number of hydrogen-bond acceptors (Lipinski definition) is 5. The number of rotatable bonds is 7. The van der Waals surface area contributed by atoms with Gasteiger partial charge in [0, 0.05) is 23.4 Å². The van der Waals surface area contributed by atoms with Gasteiger partial charge in [0.25, 0.3) is 0 Å². The molecular weight excluding hydrogens is 357 g/mol. The molecule has 7 heteroatoms. The highest BCUT2D eigenvalue weighted by atomic mass is 32.2. The summed E-state index contributed by atoms with van der Waals surface area (Å²) in [5.41, 5.74) is 0.910. The normalized spacial score (nSPS) is 10.8. The summed E-state index contributed by atoms with van der Waals surface area (Å²) in [4.78, 5) is 0.677. The fraction of sp³-hybridized carbons (Fsp3) is 0.222. The van der Waals surface area contributed by atoms with Crippen molar-refractivity contribution in [3.63, 3.8) is 0 Å². The average Bonchev–Trinajstić information content (AvgIpc) is 3.00. The van der Waals surface area contributed by atoms with Crippen molar-refractivity contribution in [2.24, 2.45) is 7.05 Å². The largest absolute Gasteiger partial charge is 0.496 e. The lowest BCUT2D eigenvalue weighted by Crippen LogP contribution is -1.97. The van der Waals surface area contributed by atoms with Gasteiger partial charge in [-0.25, -0.2) is 4.39 Å². The summed E-state index contributed by atoms with van der Waals surface area (Å²) in [6, 6.07) is 14.6. The van der Waals surface area contributed by atoms with Gasteiger partial charge < -0.3 is 9.30 Å². The van der Waals surface area contributed by atoms with Gasteiger partial charge >= 0.3 is 0 Å². The van der Waals surface area contributed by atoms with Crippen molar-refractivity contribution in [3.05, 3.63) is 54.3 Å². The summed E-state index contributed by atoms with van der Waals surface area (Å²) in [5, 5.41) is 9.39. The molecule has 0 amide bonds. The first-order chi connectivity index (χ1) is 12.2. The van der Waals surface area contributed by atoms with E-state index in [1.54, 1.807) is 31.0 Å². The van der Waals surface area contributed by atoms with E-state index in [-0.39, 0.29) is 5.82 Å². The third-order valence-electron chi connectivity index (χ3n) is 3.59. The second kappa shape index (κ2) is 8.40. The first kappa shape index (κ1) is 17.8. The van der Waals surface area contributed by atoms with E-state index in [0.29, 0.717) is 4.90 Å². The Balaban J connectivity index is 1.63. The van der Waals surface area contributed by atoms with Crippen LogP contribution in [0.2, 0.25) is 0 Å². The minimum atomic E-state index is -0.172. The Hall–Kier alpha value is -1.99. The number of nitrogens with zero attached hydrogens (tertiary/aromatic N) is 3. The van der Waals surface area contributed by atoms with Crippen LogP contribution in [0.5, 0.6) is 5.75 Å². The van der Waals surface area contributed by atoms with Crippen LogP contribution in [0.1, 0.15) is 0 Å². The van der Waals surface area contributed by atoms with Gasteiger partial charge in [-0.2, -0.15) is 0 Å². The summed E-state index contributed by atoms with van der Waals surface area (Å²) in [5.74, 6) is 2.97. The number of para-hydroxylation sites is 1. The van der Waals surface area contributed by atoms with Crippen molar-refractivity contribution >= 4 is 23.5 Å². The molecule has 0 spiro atoms. The number of ether oxygens (including phenoxy) is 1. The Morgan fingerprint density at radius 2 is 1.72 bits per heavy atom. The summed E-state index contributed by atoms with van der Waals surface area (Å²) in [7, 11) is 3.58. The molecule has 0 radical (unpaired) electrons. The van der Waals surface area contributed by atoms with E-state index >= 15 is 0 Å². The molecule has 3 rings (SSSR count). The SMILES string of the molecule is COc1ccccc1-c1nnc(SCCSc2ccccc2F)n1C. The van der Waals surface area contributed by atoms with Crippen molar-refractivity contribution in [2.75, 3.05) is 18.6 Å². The van der Waals surface area contributed by atoms with Crippen molar-refractivity contribution in [1.29, 1.82) is 0 Å². The van der Waals surface area contributed by atoms with Crippen LogP contribution in [0.15, 0.2) is 58.6 Å². The highest BCUT2D eigenvalue weighted by Gasteiger charge is 2.14. The van der Waals surface area contributed by atoms with Crippen LogP contribution in [-0.4, -0.2) is 33.4 Å². The molecular formula is C18H18FN3OS2. The molecule has 0 saturated heterocycles. The number of aromatic nitrogens is 3. The molecule has 1 aromatic heterocycles. The molecule has 0 saturated carbocycles. The van der Waals surface area contributed by atoms with Crippen molar-refractivity contribution < 1.29 is 9.13 Å². The monoisotopic (exact) mass is 375 g/mol. The fourth-order valence-corrected chi connectivity index (χ4v) is 4.18. The highest BCUT2D eigenvalue weighted by Crippen LogP contribution is 2.30. The van der Waals surface area contributed by atoms with Gasteiger partial charge in [0.15, 0.2) is 11.0 Å². The number of halogens is 1. The third kappa shape index (κ3) is 4.16. The maximum Gasteiger partial charge on any atom is 0.191 e. The van der Waals surface area contributed by atoms with Gasteiger partial charge in [0.05, 0.1) is 12.7 Å². The molecule has 0 fully saturated rings. The van der Waals surface area contributed by atoms with Gasteiger partial charge in [-0.15, -0.1) is 22.0 Å². The minimum absolute atomic E-state index is 0.172. The molecule has 3 aromatic rings. The van der Waals surface area contributed by atoms with E-state index in [4.69, 9.17) is 4.74 Å². The molecule has 4 nitrogen and oxygen atoms in total. The summed E-state index contributed by atoms with van der Waals surface area (Å²) >= 11 is 3.11. The minimum Gasteiger partial charge on any atom is -0.496 e. The number of methoxy groups -OCH3 is 1. The zero-order chi connectivity index (χ0) is 17.6. The van der Waals surface area contributed by atoms with Crippen LogP contribution in [0, 0.1) is 5.82 Å². The lowest BCUT2D eigenvalue weighted by molar-refractivity contribution is 0.416. The van der Waals surface area contributed by atoms with Crippen LogP contribution < -0.4 is 4.74 Å². The Morgan fingerprint density at radius 1 is 1.00 bits per heavy atom. The zero-order valence-corrected chi connectivity index (χ0v) is 15.6. The van der Waals surface area contributed by atoms with Crippen LogP contribution in [0.4, 0.5) is 4.39 Å². The van der Waals surface area contributed by atoms with E-state index in [2.05, 4.69) is 10.2 Å². The van der Waals surface area contributed by atoms with E-state index in [1.807, 2.05) is 41.9 Å². The van der Waals surface area contributed by atoms with Crippen molar-refractivity contribution in [1.82, 2.24) is 14.8 Å². The molecule has 25 heavy (non-hydrogen) atoms. The zero-order valence-electron chi connectivity index (χ0n) is 14.0.